The highest BCUT2D eigenvalue weighted by atomic mass is 32.2. The molecule has 1 saturated heterocycles. The van der Waals surface area contributed by atoms with Gasteiger partial charge in [0, 0.05) is 31.4 Å². The van der Waals surface area contributed by atoms with E-state index in [-0.39, 0.29) is 10.9 Å². The van der Waals surface area contributed by atoms with Gasteiger partial charge in [-0.2, -0.15) is 9.40 Å². The molecule has 1 aliphatic heterocycles. The zero-order chi connectivity index (χ0) is 14.9. The first-order chi connectivity index (χ1) is 10.1. The second-order valence-corrected chi connectivity index (χ2v) is 7.60. The van der Waals surface area contributed by atoms with Gasteiger partial charge in [0.25, 0.3) is 0 Å². The summed E-state index contributed by atoms with van der Waals surface area (Å²) in [6.07, 6.45) is 5.54. The molecule has 1 aliphatic carbocycles. The number of hydrogen-bond donors (Lipinski definition) is 1. The van der Waals surface area contributed by atoms with E-state index in [1.807, 2.05) is 6.92 Å². The summed E-state index contributed by atoms with van der Waals surface area (Å²) in [6.45, 7) is 4.66. The maximum atomic E-state index is 12.6. The largest absolute Gasteiger partial charge is 0.378 e. The first kappa shape index (κ1) is 15.0. The first-order valence-electron chi connectivity index (χ1n) is 7.43. The molecule has 0 bridgehead atoms. The quantitative estimate of drug-likeness (QED) is 0.802. The third-order valence-corrected chi connectivity index (χ3v) is 5.84. The molecule has 118 valence electrons. The molecular formula is C13H22N4O3S. The molecule has 2 fully saturated rings. The van der Waals surface area contributed by atoms with E-state index in [0.717, 1.165) is 6.54 Å². The van der Waals surface area contributed by atoms with Crippen molar-refractivity contribution in [1.29, 1.82) is 0 Å². The van der Waals surface area contributed by atoms with E-state index < -0.39 is 10.0 Å². The van der Waals surface area contributed by atoms with Gasteiger partial charge in [-0.15, -0.1) is 0 Å². The molecule has 0 amide bonds. The van der Waals surface area contributed by atoms with Crippen molar-refractivity contribution in [3.05, 3.63) is 12.4 Å². The van der Waals surface area contributed by atoms with Crippen molar-refractivity contribution in [3.63, 3.8) is 0 Å². The van der Waals surface area contributed by atoms with Crippen LogP contribution in [0.5, 0.6) is 0 Å². The number of sulfonamides is 1. The molecule has 7 nitrogen and oxygen atoms in total. The van der Waals surface area contributed by atoms with Crippen molar-refractivity contribution < 1.29 is 13.2 Å². The molecule has 1 atom stereocenters. The number of rotatable bonds is 6. The number of ether oxygens (including phenoxy) is 1. The minimum absolute atomic E-state index is 0.136. The van der Waals surface area contributed by atoms with Crippen molar-refractivity contribution in [2.75, 3.05) is 26.3 Å². The fourth-order valence-electron chi connectivity index (χ4n) is 2.48. The maximum Gasteiger partial charge on any atom is 0.246 e. The minimum Gasteiger partial charge on any atom is -0.378 e. The van der Waals surface area contributed by atoms with Crippen molar-refractivity contribution in [3.8, 4) is 0 Å². The number of morpholine rings is 1. The standard InChI is InChI=1S/C13H22N4O3S/c1-11-10-20-7-6-17(11)21(18,19)13-8-15-16(9-13)5-4-14-12-2-3-12/h8-9,11-12,14H,2-7,10H2,1H3. The van der Waals surface area contributed by atoms with Crippen LogP contribution >= 0.6 is 0 Å². The lowest BCUT2D eigenvalue weighted by Gasteiger charge is -2.31. The molecule has 1 unspecified atom stereocenters. The Hall–Kier alpha value is -0.960. The van der Waals surface area contributed by atoms with Crippen molar-refractivity contribution in [2.24, 2.45) is 0 Å². The van der Waals surface area contributed by atoms with Crippen LogP contribution in [0.15, 0.2) is 17.3 Å². The van der Waals surface area contributed by atoms with Gasteiger partial charge >= 0.3 is 0 Å². The Balaban J connectivity index is 1.65. The highest BCUT2D eigenvalue weighted by Gasteiger charge is 2.32. The van der Waals surface area contributed by atoms with Crippen LogP contribution in [0, 0.1) is 0 Å². The molecule has 0 spiro atoms. The second-order valence-electron chi connectivity index (χ2n) is 5.71. The van der Waals surface area contributed by atoms with Crippen LogP contribution in [0.25, 0.3) is 0 Å². The first-order valence-corrected chi connectivity index (χ1v) is 8.87. The predicted molar refractivity (Wildman–Crippen MR) is 77.4 cm³/mol. The van der Waals surface area contributed by atoms with Gasteiger partial charge in [0.15, 0.2) is 0 Å². The van der Waals surface area contributed by atoms with E-state index in [0.29, 0.717) is 32.3 Å². The lowest BCUT2D eigenvalue weighted by atomic mass is 10.3. The van der Waals surface area contributed by atoms with E-state index in [1.165, 1.54) is 23.3 Å². The van der Waals surface area contributed by atoms with Crippen LogP contribution < -0.4 is 5.32 Å². The lowest BCUT2D eigenvalue weighted by molar-refractivity contribution is 0.0392. The van der Waals surface area contributed by atoms with E-state index in [1.54, 1.807) is 10.9 Å². The van der Waals surface area contributed by atoms with E-state index in [9.17, 15) is 8.42 Å². The molecular weight excluding hydrogens is 292 g/mol. The molecule has 0 aromatic carbocycles. The highest BCUT2D eigenvalue weighted by Crippen LogP contribution is 2.20. The lowest BCUT2D eigenvalue weighted by Crippen LogP contribution is -2.46. The summed E-state index contributed by atoms with van der Waals surface area (Å²) in [5, 5.41) is 7.55. The van der Waals surface area contributed by atoms with Gasteiger partial charge in [0.05, 0.1) is 26.0 Å². The molecule has 1 aromatic heterocycles. The molecule has 2 aliphatic rings. The third-order valence-electron chi connectivity index (χ3n) is 3.87. The normalized spacial score (nSPS) is 24.3. The second kappa shape index (κ2) is 6.04. The zero-order valence-corrected chi connectivity index (χ0v) is 13.1. The molecule has 1 aromatic rings. The molecule has 3 rings (SSSR count). The van der Waals surface area contributed by atoms with Crippen molar-refractivity contribution in [1.82, 2.24) is 19.4 Å². The van der Waals surface area contributed by atoms with Crippen molar-refractivity contribution >= 4 is 10.0 Å². The number of nitrogens with one attached hydrogen (secondary N) is 1. The Morgan fingerprint density at radius 3 is 3.00 bits per heavy atom. The zero-order valence-electron chi connectivity index (χ0n) is 12.2. The van der Waals surface area contributed by atoms with Crippen LogP contribution in [0.2, 0.25) is 0 Å². The third kappa shape index (κ3) is 3.45. The van der Waals surface area contributed by atoms with Gasteiger partial charge in [-0.1, -0.05) is 0 Å². The van der Waals surface area contributed by atoms with Gasteiger partial charge in [-0.25, -0.2) is 8.42 Å². The van der Waals surface area contributed by atoms with Gasteiger partial charge in [-0.3, -0.25) is 4.68 Å². The summed E-state index contributed by atoms with van der Waals surface area (Å²) in [6, 6.07) is 0.515. The van der Waals surface area contributed by atoms with Gasteiger partial charge in [0.1, 0.15) is 4.90 Å². The Kier molecular flexibility index (Phi) is 4.30. The van der Waals surface area contributed by atoms with Crippen molar-refractivity contribution in [2.45, 2.75) is 43.3 Å². The average Bonchev–Trinajstić information content (AvgIpc) is 3.14. The van der Waals surface area contributed by atoms with Crippen LogP contribution in [0.4, 0.5) is 0 Å². The highest BCUT2D eigenvalue weighted by molar-refractivity contribution is 7.89. The summed E-state index contributed by atoms with van der Waals surface area (Å²) in [7, 11) is -3.47. The van der Waals surface area contributed by atoms with E-state index >= 15 is 0 Å². The Bertz CT molecular complexity index is 582. The molecule has 21 heavy (non-hydrogen) atoms. The van der Waals surface area contributed by atoms with Gasteiger partial charge in [-0.05, 0) is 19.8 Å². The van der Waals surface area contributed by atoms with Gasteiger partial charge in [0.2, 0.25) is 10.0 Å². The van der Waals surface area contributed by atoms with Crippen LogP contribution in [0.1, 0.15) is 19.8 Å². The Labute approximate surface area is 125 Å². The number of aromatic nitrogens is 2. The smallest absolute Gasteiger partial charge is 0.246 e. The Morgan fingerprint density at radius 2 is 2.29 bits per heavy atom. The summed E-state index contributed by atoms with van der Waals surface area (Å²) >= 11 is 0. The molecule has 0 radical (unpaired) electrons. The van der Waals surface area contributed by atoms with Crippen LogP contribution in [-0.2, 0) is 21.3 Å². The topological polar surface area (TPSA) is 76.5 Å². The monoisotopic (exact) mass is 314 g/mol. The van der Waals surface area contributed by atoms with Crippen LogP contribution in [-0.4, -0.2) is 60.9 Å². The summed E-state index contributed by atoms with van der Waals surface area (Å²) in [4.78, 5) is 0.266. The maximum absolute atomic E-state index is 12.6. The minimum atomic E-state index is -3.47. The molecule has 1 saturated carbocycles. The fraction of sp³-hybridized carbons (Fsp3) is 0.769. The van der Waals surface area contributed by atoms with E-state index in [2.05, 4.69) is 10.4 Å². The van der Waals surface area contributed by atoms with Gasteiger partial charge < -0.3 is 10.1 Å². The number of nitrogens with zero attached hydrogens (tertiary/aromatic N) is 3. The van der Waals surface area contributed by atoms with E-state index in [4.69, 9.17) is 4.74 Å². The SMILES string of the molecule is CC1COCCN1S(=O)(=O)c1cnn(CCNC2CC2)c1. The summed E-state index contributed by atoms with van der Waals surface area (Å²) in [5.41, 5.74) is 0. The Morgan fingerprint density at radius 1 is 1.48 bits per heavy atom. The fourth-order valence-corrected chi connectivity index (χ4v) is 4.03. The molecule has 1 N–H and O–H groups in total. The summed E-state index contributed by atoms with van der Waals surface area (Å²) < 4.78 is 33.7. The summed E-state index contributed by atoms with van der Waals surface area (Å²) in [5.74, 6) is 0. The number of hydrogen-bond acceptors (Lipinski definition) is 5. The van der Waals surface area contributed by atoms with Crippen LogP contribution in [0.3, 0.4) is 0 Å². The molecule has 8 heteroatoms. The average molecular weight is 314 g/mol. The predicted octanol–water partition coefficient (Wildman–Crippen LogP) is 0.0445. The molecule has 2 heterocycles.